The molecular weight excluding hydrogens is 464 g/mol. The van der Waals surface area contributed by atoms with Crippen LogP contribution in [-0.4, -0.2) is 55.3 Å². The van der Waals surface area contributed by atoms with Gasteiger partial charge < -0.3 is 19.9 Å². The number of nitrogens with one attached hydrogen (secondary N) is 1. The summed E-state index contributed by atoms with van der Waals surface area (Å²) in [6.45, 7) is 9.41. The van der Waals surface area contributed by atoms with Gasteiger partial charge >= 0.3 is 6.03 Å². The number of ether oxygens (including phenoxy) is 1. The Balaban J connectivity index is 1.41. The van der Waals surface area contributed by atoms with E-state index in [1.165, 1.54) is 18.5 Å². The largest absolute Gasteiger partial charge is 0.490 e. The van der Waals surface area contributed by atoms with Gasteiger partial charge in [-0.05, 0) is 62.9 Å². The first-order chi connectivity index (χ1) is 18.2. The van der Waals surface area contributed by atoms with E-state index in [2.05, 4.69) is 58.2 Å². The number of carbonyl (C=O) groups excluding carboxylic acids is 1. The van der Waals surface area contributed by atoms with Crippen molar-refractivity contribution in [3.05, 3.63) is 54.7 Å². The third-order valence-corrected chi connectivity index (χ3v) is 6.93. The minimum absolute atomic E-state index is 0.219. The van der Waals surface area contributed by atoms with Crippen molar-refractivity contribution in [3.63, 3.8) is 0 Å². The van der Waals surface area contributed by atoms with E-state index in [1.807, 2.05) is 24.3 Å². The maximum absolute atomic E-state index is 13.5. The maximum atomic E-state index is 13.5. The summed E-state index contributed by atoms with van der Waals surface area (Å²) < 4.78 is 5.96. The van der Waals surface area contributed by atoms with Crippen LogP contribution in [0.15, 0.2) is 54.7 Å². The summed E-state index contributed by atoms with van der Waals surface area (Å²) in [6, 6.07) is 15.9. The number of anilines is 4. The first-order valence-electron chi connectivity index (χ1n) is 13.4. The summed E-state index contributed by atoms with van der Waals surface area (Å²) in [6.07, 6.45) is 5.92. The lowest BCUT2D eigenvalue weighted by molar-refractivity contribution is 0.256. The molecule has 37 heavy (non-hydrogen) atoms. The molecule has 1 saturated heterocycles. The van der Waals surface area contributed by atoms with Crippen LogP contribution in [0.4, 0.5) is 27.8 Å². The second-order valence-electron chi connectivity index (χ2n) is 9.53. The molecule has 0 atom stereocenters. The van der Waals surface area contributed by atoms with Gasteiger partial charge in [-0.3, -0.25) is 4.90 Å². The third-order valence-electron chi connectivity index (χ3n) is 6.93. The average molecular weight is 501 g/mol. The molecule has 0 saturated carbocycles. The summed E-state index contributed by atoms with van der Waals surface area (Å²) in [4.78, 5) is 29.3. The molecule has 0 bridgehead atoms. The number of carbonyl (C=O) groups is 1. The molecule has 2 aromatic heterocycles. The number of rotatable bonds is 7. The Bertz CT molecular complexity index is 1230. The van der Waals surface area contributed by atoms with E-state index in [0.29, 0.717) is 24.7 Å². The zero-order valence-electron chi connectivity index (χ0n) is 21.8. The average Bonchev–Trinajstić information content (AvgIpc) is 3.39. The second kappa shape index (κ2) is 11.5. The Morgan fingerprint density at radius 1 is 1.05 bits per heavy atom. The zero-order valence-corrected chi connectivity index (χ0v) is 21.8. The predicted molar refractivity (Wildman–Crippen MR) is 150 cm³/mol. The van der Waals surface area contributed by atoms with Crippen molar-refractivity contribution in [1.29, 1.82) is 0 Å². The number of hydrogen-bond donors (Lipinski definition) is 1. The predicted octanol–water partition coefficient (Wildman–Crippen LogP) is 5.80. The number of hydrogen-bond acceptors (Lipinski definition) is 6. The number of aromatic nitrogens is 2. The molecule has 0 radical (unpaired) electrons. The summed E-state index contributed by atoms with van der Waals surface area (Å²) in [5, 5.41) is 3.07. The standard InChI is InChI=1S/C29H36N6O2/c1-3-15-33(4-2)24-10-7-9-22(20-24)25-11-12-26-28(32-25)35(18-8-19-37-26)29(36)31-23-13-14-30-27(21-23)34-16-5-6-17-34/h7,9-14,20-21H,3-6,8,15-19H2,1-2H3,(H,30,31,36). The van der Waals surface area contributed by atoms with Gasteiger partial charge in [0.2, 0.25) is 0 Å². The highest BCUT2D eigenvalue weighted by Crippen LogP contribution is 2.34. The lowest BCUT2D eigenvalue weighted by Gasteiger charge is -2.24. The zero-order chi connectivity index (χ0) is 25.6. The van der Waals surface area contributed by atoms with Crippen molar-refractivity contribution in [3.8, 4) is 17.0 Å². The van der Waals surface area contributed by atoms with Crippen LogP contribution < -0.4 is 24.8 Å². The molecule has 3 aromatic rings. The highest BCUT2D eigenvalue weighted by atomic mass is 16.5. The number of nitrogens with zero attached hydrogens (tertiary/aromatic N) is 5. The number of pyridine rings is 2. The van der Waals surface area contributed by atoms with Crippen molar-refractivity contribution in [2.75, 3.05) is 59.3 Å². The van der Waals surface area contributed by atoms with Crippen molar-refractivity contribution >= 4 is 29.0 Å². The normalized spacial score (nSPS) is 15.1. The van der Waals surface area contributed by atoms with E-state index in [4.69, 9.17) is 9.72 Å². The highest BCUT2D eigenvalue weighted by Gasteiger charge is 2.25. The molecular formula is C29H36N6O2. The number of amides is 2. The van der Waals surface area contributed by atoms with Gasteiger partial charge in [0.25, 0.3) is 0 Å². The van der Waals surface area contributed by atoms with Gasteiger partial charge in [0.05, 0.1) is 12.3 Å². The van der Waals surface area contributed by atoms with Crippen molar-refractivity contribution < 1.29 is 9.53 Å². The fraction of sp³-hybridized carbons (Fsp3) is 0.414. The molecule has 1 fully saturated rings. The minimum Gasteiger partial charge on any atom is -0.490 e. The van der Waals surface area contributed by atoms with E-state index >= 15 is 0 Å². The molecule has 8 heteroatoms. The van der Waals surface area contributed by atoms with Crippen LogP contribution in [0.3, 0.4) is 0 Å². The maximum Gasteiger partial charge on any atom is 0.327 e. The topological polar surface area (TPSA) is 73.8 Å². The summed E-state index contributed by atoms with van der Waals surface area (Å²) >= 11 is 0. The Kier molecular flexibility index (Phi) is 7.73. The van der Waals surface area contributed by atoms with E-state index in [1.54, 1.807) is 11.1 Å². The van der Waals surface area contributed by atoms with Crippen molar-refractivity contribution in [2.45, 2.75) is 39.5 Å². The molecule has 8 nitrogen and oxygen atoms in total. The van der Waals surface area contributed by atoms with Gasteiger partial charge in [-0.15, -0.1) is 0 Å². The number of benzene rings is 1. The van der Waals surface area contributed by atoms with Gasteiger partial charge in [0.1, 0.15) is 5.82 Å². The molecule has 0 aliphatic carbocycles. The SMILES string of the molecule is CCCN(CC)c1cccc(-c2ccc3c(n2)N(C(=O)Nc2ccnc(N4CCCC4)c2)CCCO3)c1. The van der Waals surface area contributed by atoms with E-state index in [9.17, 15) is 4.79 Å². The fourth-order valence-electron chi connectivity index (χ4n) is 5.02. The van der Waals surface area contributed by atoms with E-state index in [-0.39, 0.29) is 6.03 Å². The second-order valence-corrected chi connectivity index (χ2v) is 9.53. The molecule has 2 aliphatic heterocycles. The number of fused-ring (bicyclic) bond motifs is 1. The van der Waals surface area contributed by atoms with Crippen molar-refractivity contribution in [2.24, 2.45) is 0 Å². The Morgan fingerprint density at radius 2 is 1.92 bits per heavy atom. The molecule has 194 valence electrons. The third kappa shape index (κ3) is 5.63. The van der Waals surface area contributed by atoms with Crippen LogP contribution in [0.2, 0.25) is 0 Å². The van der Waals surface area contributed by atoms with Gasteiger partial charge in [0, 0.05) is 61.9 Å². The van der Waals surface area contributed by atoms with Crippen LogP contribution in [0.25, 0.3) is 11.3 Å². The highest BCUT2D eigenvalue weighted by molar-refractivity contribution is 6.02. The van der Waals surface area contributed by atoms with Crippen LogP contribution >= 0.6 is 0 Å². The van der Waals surface area contributed by atoms with Crippen molar-refractivity contribution in [1.82, 2.24) is 9.97 Å². The Morgan fingerprint density at radius 3 is 2.73 bits per heavy atom. The smallest absolute Gasteiger partial charge is 0.327 e. The van der Waals surface area contributed by atoms with E-state index < -0.39 is 0 Å². The van der Waals surface area contributed by atoms with Gasteiger partial charge in [-0.2, -0.15) is 0 Å². The first kappa shape index (κ1) is 24.9. The van der Waals surface area contributed by atoms with Gasteiger partial charge in [-0.25, -0.2) is 14.8 Å². The quantitative estimate of drug-likeness (QED) is 0.442. The van der Waals surface area contributed by atoms with Gasteiger partial charge in [-0.1, -0.05) is 19.1 Å². The monoisotopic (exact) mass is 500 g/mol. The molecule has 2 aliphatic rings. The molecule has 5 rings (SSSR count). The molecule has 0 unspecified atom stereocenters. The van der Waals surface area contributed by atoms with Crippen LogP contribution in [0, 0.1) is 0 Å². The summed E-state index contributed by atoms with van der Waals surface area (Å²) in [7, 11) is 0. The first-order valence-corrected chi connectivity index (χ1v) is 13.4. The summed E-state index contributed by atoms with van der Waals surface area (Å²) in [5.41, 5.74) is 3.74. The molecule has 0 spiro atoms. The van der Waals surface area contributed by atoms with E-state index in [0.717, 1.165) is 61.8 Å². The summed E-state index contributed by atoms with van der Waals surface area (Å²) in [5.74, 6) is 2.08. The Labute approximate surface area is 219 Å². The molecule has 1 aromatic carbocycles. The van der Waals surface area contributed by atoms with Crippen LogP contribution in [0.5, 0.6) is 5.75 Å². The van der Waals surface area contributed by atoms with Crippen LogP contribution in [0.1, 0.15) is 39.5 Å². The Hall–Kier alpha value is -3.81. The minimum atomic E-state index is -0.219. The molecule has 4 heterocycles. The molecule has 2 amide bonds. The fourth-order valence-corrected chi connectivity index (χ4v) is 5.02. The van der Waals surface area contributed by atoms with Crippen LogP contribution in [-0.2, 0) is 0 Å². The number of urea groups is 1. The lowest BCUT2D eigenvalue weighted by Crippen LogP contribution is -2.36. The van der Waals surface area contributed by atoms with Gasteiger partial charge in [0.15, 0.2) is 11.6 Å². The lowest BCUT2D eigenvalue weighted by atomic mass is 10.1. The molecule has 1 N–H and O–H groups in total.